The fraction of sp³-hybridized carbons (Fsp3) is 0.278. The Labute approximate surface area is 148 Å². The Kier molecular flexibility index (Phi) is 3.77. The van der Waals surface area contributed by atoms with Crippen molar-refractivity contribution in [1.29, 1.82) is 0 Å². The normalized spacial score (nSPS) is 20.3. The molecule has 0 saturated carbocycles. The number of fused-ring (bicyclic) bond motifs is 2. The van der Waals surface area contributed by atoms with E-state index < -0.39 is 18.0 Å². The van der Waals surface area contributed by atoms with E-state index in [2.05, 4.69) is 0 Å². The zero-order valence-corrected chi connectivity index (χ0v) is 14.0. The van der Waals surface area contributed by atoms with E-state index in [0.717, 1.165) is 0 Å². The van der Waals surface area contributed by atoms with Gasteiger partial charge in [0, 0.05) is 6.07 Å². The van der Waals surface area contributed by atoms with Gasteiger partial charge in [0.15, 0.2) is 35.2 Å². The van der Waals surface area contributed by atoms with Crippen LogP contribution in [0.1, 0.15) is 22.0 Å². The Hall–Kier alpha value is -3.13. The van der Waals surface area contributed by atoms with Crippen LogP contribution >= 0.6 is 0 Å². The topological polar surface area (TPSA) is 104 Å². The van der Waals surface area contributed by atoms with Crippen molar-refractivity contribution in [1.82, 2.24) is 0 Å². The van der Waals surface area contributed by atoms with Gasteiger partial charge >= 0.3 is 0 Å². The molecule has 0 bridgehead atoms. The SMILES string of the molecule is COc1cc2c(c(OC)c1O)C(=O)C(O)C(c1ccc3c(c1)OCO3)O2. The van der Waals surface area contributed by atoms with Gasteiger partial charge in [-0.1, -0.05) is 6.07 Å². The van der Waals surface area contributed by atoms with E-state index in [-0.39, 0.29) is 35.4 Å². The van der Waals surface area contributed by atoms with Gasteiger partial charge in [-0.05, 0) is 17.7 Å². The number of hydrogen-bond donors (Lipinski definition) is 2. The number of hydrogen-bond acceptors (Lipinski definition) is 8. The summed E-state index contributed by atoms with van der Waals surface area (Å²) in [6.07, 6.45) is -2.44. The number of rotatable bonds is 3. The molecule has 0 aromatic heterocycles. The van der Waals surface area contributed by atoms with Crippen molar-refractivity contribution < 1.29 is 38.7 Å². The summed E-state index contributed by atoms with van der Waals surface area (Å²) in [5.74, 6) is 0.274. The van der Waals surface area contributed by atoms with Crippen LogP contribution in [-0.2, 0) is 0 Å². The second-order valence-electron chi connectivity index (χ2n) is 5.79. The molecule has 2 aromatic carbocycles. The summed E-state index contributed by atoms with van der Waals surface area (Å²) in [6, 6.07) is 6.42. The highest BCUT2D eigenvalue weighted by Crippen LogP contribution is 2.49. The lowest BCUT2D eigenvalue weighted by molar-refractivity contribution is 0.0208. The highest BCUT2D eigenvalue weighted by Gasteiger charge is 2.41. The van der Waals surface area contributed by atoms with E-state index >= 15 is 0 Å². The van der Waals surface area contributed by atoms with Crippen LogP contribution in [0.4, 0.5) is 0 Å². The molecule has 2 heterocycles. The van der Waals surface area contributed by atoms with Gasteiger partial charge in [-0.15, -0.1) is 0 Å². The van der Waals surface area contributed by atoms with Crippen molar-refractivity contribution in [2.24, 2.45) is 0 Å². The predicted octanol–water partition coefficient (Wildman–Crippen LogP) is 1.82. The molecule has 2 aliphatic heterocycles. The number of aliphatic hydroxyl groups is 1. The Balaban J connectivity index is 1.80. The van der Waals surface area contributed by atoms with Gasteiger partial charge in [0.25, 0.3) is 0 Å². The molecule has 4 rings (SSSR count). The maximum atomic E-state index is 12.7. The summed E-state index contributed by atoms with van der Waals surface area (Å²) in [5, 5.41) is 20.7. The number of carbonyl (C=O) groups is 1. The third-order valence-corrected chi connectivity index (χ3v) is 4.39. The zero-order chi connectivity index (χ0) is 18.4. The van der Waals surface area contributed by atoms with Gasteiger partial charge in [-0.25, -0.2) is 0 Å². The maximum Gasteiger partial charge on any atom is 0.231 e. The van der Waals surface area contributed by atoms with E-state index in [4.69, 9.17) is 23.7 Å². The maximum absolute atomic E-state index is 12.7. The number of benzene rings is 2. The number of phenolic OH excluding ortho intramolecular Hbond substituents is 1. The summed E-state index contributed by atoms with van der Waals surface area (Å²) >= 11 is 0. The van der Waals surface area contributed by atoms with Crippen molar-refractivity contribution in [2.45, 2.75) is 12.2 Å². The lowest BCUT2D eigenvalue weighted by atomic mass is 9.92. The van der Waals surface area contributed by atoms with Gasteiger partial charge in [-0.3, -0.25) is 4.79 Å². The van der Waals surface area contributed by atoms with Crippen molar-refractivity contribution in [3.05, 3.63) is 35.4 Å². The van der Waals surface area contributed by atoms with Gasteiger partial charge < -0.3 is 33.9 Å². The van der Waals surface area contributed by atoms with E-state index in [0.29, 0.717) is 17.1 Å². The molecule has 136 valence electrons. The molecule has 2 atom stereocenters. The molecular weight excluding hydrogens is 344 g/mol. The highest BCUT2D eigenvalue weighted by molar-refractivity contribution is 6.06. The van der Waals surface area contributed by atoms with Gasteiger partial charge in [0.2, 0.25) is 18.3 Å². The van der Waals surface area contributed by atoms with E-state index in [1.807, 2.05) is 0 Å². The number of Topliss-reactive ketones (excluding diaryl/α,β-unsaturated/α-hetero) is 1. The van der Waals surface area contributed by atoms with Crippen molar-refractivity contribution in [2.75, 3.05) is 21.0 Å². The van der Waals surface area contributed by atoms with Crippen LogP contribution in [0.25, 0.3) is 0 Å². The molecule has 0 fully saturated rings. The zero-order valence-electron chi connectivity index (χ0n) is 14.0. The smallest absolute Gasteiger partial charge is 0.231 e. The summed E-state index contributed by atoms with van der Waals surface area (Å²) in [5.41, 5.74) is 0.516. The van der Waals surface area contributed by atoms with Gasteiger partial charge in [0.05, 0.1) is 14.2 Å². The summed E-state index contributed by atoms with van der Waals surface area (Å²) in [6.45, 7) is 0.113. The standard InChI is InChI=1S/C18H16O8/c1-22-12-6-11-13(18(23-2)14(12)19)15(20)16(21)17(26-11)8-3-4-9-10(5-8)25-7-24-9/h3-6,16-17,19,21H,7H2,1-2H3. The molecule has 8 heteroatoms. The molecule has 2 unspecified atom stereocenters. The highest BCUT2D eigenvalue weighted by atomic mass is 16.7. The van der Waals surface area contributed by atoms with E-state index in [1.54, 1.807) is 18.2 Å². The summed E-state index contributed by atoms with van der Waals surface area (Å²) in [7, 11) is 2.67. The molecule has 0 radical (unpaired) electrons. The molecule has 0 spiro atoms. The molecule has 0 aliphatic carbocycles. The first-order chi connectivity index (χ1) is 12.5. The second kappa shape index (κ2) is 5.99. The number of methoxy groups -OCH3 is 2. The van der Waals surface area contributed by atoms with Crippen LogP contribution in [0.5, 0.6) is 34.5 Å². The molecular formula is C18H16O8. The van der Waals surface area contributed by atoms with Crippen LogP contribution in [0.2, 0.25) is 0 Å². The fourth-order valence-electron chi connectivity index (χ4n) is 3.11. The monoisotopic (exact) mass is 360 g/mol. The fourth-order valence-corrected chi connectivity index (χ4v) is 3.11. The van der Waals surface area contributed by atoms with Crippen molar-refractivity contribution in [3.63, 3.8) is 0 Å². The minimum Gasteiger partial charge on any atom is -0.502 e. The Morgan fingerprint density at radius 1 is 1.08 bits per heavy atom. The Morgan fingerprint density at radius 2 is 1.85 bits per heavy atom. The van der Waals surface area contributed by atoms with Crippen molar-refractivity contribution >= 4 is 5.78 Å². The Bertz CT molecular complexity index is 891. The first-order valence-electron chi connectivity index (χ1n) is 7.81. The minimum absolute atomic E-state index is 0.0321. The third-order valence-electron chi connectivity index (χ3n) is 4.39. The van der Waals surface area contributed by atoms with Crippen LogP contribution in [0.15, 0.2) is 24.3 Å². The van der Waals surface area contributed by atoms with Crippen LogP contribution in [0.3, 0.4) is 0 Å². The molecule has 2 N–H and O–H groups in total. The quantitative estimate of drug-likeness (QED) is 0.854. The third kappa shape index (κ3) is 2.30. The average Bonchev–Trinajstić information content (AvgIpc) is 3.12. The van der Waals surface area contributed by atoms with Crippen LogP contribution in [-0.4, -0.2) is 43.1 Å². The minimum atomic E-state index is -1.48. The largest absolute Gasteiger partial charge is 0.502 e. The van der Waals surface area contributed by atoms with E-state index in [9.17, 15) is 15.0 Å². The van der Waals surface area contributed by atoms with Gasteiger partial charge in [-0.2, -0.15) is 0 Å². The summed E-state index contributed by atoms with van der Waals surface area (Å²) in [4.78, 5) is 12.7. The number of phenols is 1. The number of aliphatic hydroxyl groups excluding tert-OH is 1. The summed E-state index contributed by atoms with van der Waals surface area (Å²) < 4.78 is 26.7. The molecule has 26 heavy (non-hydrogen) atoms. The number of ketones is 1. The number of ether oxygens (including phenoxy) is 5. The predicted molar refractivity (Wildman–Crippen MR) is 87.5 cm³/mol. The molecule has 0 amide bonds. The average molecular weight is 360 g/mol. The molecule has 8 nitrogen and oxygen atoms in total. The first kappa shape index (κ1) is 16.3. The van der Waals surface area contributed by atoms with Gasteiger partial charge in [0.1, 0.15) is 11.3 Å². The lowest BCUT2D eigenvalue weighted by Gasteiger charge is -2.31. The molecule has 0 saturated heterocycles. The van der Waals surface area contributed by atoms with Crippen molar-refractivity contribution in [3.8, 4) is 34.5 Å². The number of aromatic hydroxyl groups is 1. The Morgan fingerprint density at radius 3 is 2.58 bits per heavy atom. The number of carbonyl (C=O) groups excluding carboxylic acids is 1. The van der Waals surface area contributed by atoms with Crippen LogP contribution < -0.4 is 23.7 Å². The first-order valence-corrected chi connectivity index (χ1v) is 7.81. The molecule has 2 aromatic rings. The van der Waals surface area contributed by atoms with E-state index in [1.165, 1.54) is 20.3 Å². The second-order valence-corrected chi connectivity index (χ2v) is 5.79. The lowest BCUT2D eigenvalue weighted by Crippen LogP contribution is -2.36. The van der Waals surface area contributed by atoms with Crippen LogP contribution in [0, 0.1) is 0 Å². The molecule has 2 aliphatic rings.